The van der Waals surface area contributed by atoms with Crippen LogP contribution >= 0.6 is 0 Å². The molecule has 2 aromatic rings. The normalized spacial score (nSPS) is 12.7. The predicted octanol–water partition coefficient (Wildman–Crippen LogP) is 3.16. The Morgan fingerprint density at radius 3 is 2.54 bits per heavy atom. The average molecular weight is 386 g/mol. The van der Waals surface area contributed by atoms with E-state index in [4.69, 9.17) is 9.73 Å². The molecular formula is C22H35N5O. The predicted molar refractivity (Wildman–Crippen MR) is 116 cm³/mol. The number of rotatable bonds is 9. The number of ether oxygens (including phenoxy) is 1. The summed E-state index contributed by atoms with van der Waals surface area (Å²) in [6, 6.07) is 8.53. The Hall–Kier alpha value is -2.50. The first-order valence-corrected chi connectivity index (χ1v) is 10.1. The Bertz CT molecular complexity index is 764. The molecule has 0 amide bonds. The highest BCUT2D eigenvalue weighted by atomic mass is 16.5. The highest BCUT2D eigenvalue weighted by Crippen LogP contribution is 2.14. The van der Waals surface area contributed by atoms with Gasteiger partial charge in [0.2, 0.25) is 0 Å². The van der Waals surface area contributed by atoms with Gasteiger partial charge in [-0.15, -0.1) is 0 Å². The number of aromatic nitrogens is 2. The number of hydrogen-bond acceptors (Lipinski definition) is 3. The van der Waals surface area contributed by atoms with Gasteiger partial charge in [0, 0.05) is 31.9 Å². The van der Waals surface area contributed by atoms with Gasteiger partial charge in [-0.1, -0.05) is 12.1 Å². The quantitative estimate of drug-likeness (QED) is 0.395. The van der Waals surface area contributed by atoms with Gasteiger partial charge in [0.15, 0.2) is 5.96 Å². The minimum Gasteiger partial charge on any atom is -0.497 e. The van der Waals surface area contributed by atoms with Crippen molar-refractivity contribution in [2.45, 2.75) is 53.0 Å². The van der Waals surface area contributed by atoms with Crippen molar-refractivity contribution in [1.29, 1.82) is 0 Å². The minimum absolute atomic E-state index is 0.279. The molecule has 0 fully saturated rings. The number of aliphatic imine (C=N–C) groups is 1. The van der Waals surface area contributed by atoms with Crippen LogP contribution in [0.2, 0.25) is 0 Å². The molecule has 6 heteroatoms. The van der Waals surface area contributed by atoms with Crippen LogP contribution in [0.3, 0.4) is 0 Å². The van der Waals surface area contributed by atoms with Crippen LogP contribution in [0, 0.1) is 13.8 Å². The topological polar surface area (TPSA) is 63.5 Å². The first-order valence-electron chi connectivity index (χ1n) is 10.1. The van der Waals surface area contributed by atoms with Crippen LogP contribution in [0.15, 0.2) is 29.3 Å². The van der Waals surface area contributed by atoms with E-state index < -0.39 is 0 Å². The highest BCUT2D eigenvalue weighted by molar-refractivity contribution is 5.80. The molecule has 2 N–H and O–H groups in total. The summed E-state index contributed by atoms with van der Waals surface area (Å²) in [4.78, 5) is 4.74. The fourth-order valence-corrected chi connectivity index (χ4v) is 3.29. The van der Waals surface area contributed by atoms with Crippen molar-refractivity contribution in [2.75, 3.05) is 20.2 Å². The van der Waals surface area contributed by atoms with Crippen LogP contribution in [0.25, 0.3) is 0 Å². The van der Waals surface area contributed by atoms with Crippen LogP contribution < -0.4 is 15.4 Å². The molecule has 2 rings (SSSR count). The molecule has 1 aromatic carbocycles. The van der Waals surface area contributed by atoms with Crippen molar-refractivity contribution in [3.05, 3.63) is 46.8 Å². The molecule has 1 aromatic heterocycles. The van der Waals surface area contributed by atoms with E-state index in [0.29, 0.717) is 0 Å². The van der Waals surface area contributed by atoms with E-state index in [2.05, 4.69) is 55.6 Å². The van der Waals surface area contributed by atoms with Crippen molar-refractivity contribution >= 4 is 5.96 Å². The lowest BCUT2D eigenvalue weighted by Crippen LogP contribution is -2.43. The van der Waals surface area contributed by atoms with Gasteiger partial charge in [0.1, 0.15) is 5.75 Å². The van der Waals surface area contributed by atoms with Crippen LogP contribution in [0.4, 0.5) is 0 Å². The van der Waals surface area contributed by atoms with Crippen molar-refractivity contribution in [2.24, 2.45) is 12.0 Å². The minimum atomic E-state index is 0.279. The van der Waals surface area contributed by atoms with E-state index in [1.165, 1.54) is 16.8 Å². The third kappa shape index (κ3) is 6.29. The van der Waals surface area contributed by atoms with Crippen molar-refractivity contribution in [3.63, 3.8) is 0 Å². The Labute approximate surface area is 169 Å². The van der Waals surface area contributed by atoms with Gasteiger partial charge in [-0.25, -0.2) is 0 Å². The van der Waals surface area contributed by atoms with Crippen LogP contribution in [0.1, 0.15) is 42.8 Å². The fourth-order valence-electron chi connectivity index (χ4n) is 3.29. The highest BCUT2D eigenvalue weighted by Gasteiger charge is 2.13. The maximum absolute atomic E-state index is 5.21. The summed E-state index contributed by atoms with van der Waals surface area (Å²) in [5.41, 5.74) is 4.96. The Balaban J connectivity index is 1.86. The Kier molecular flexibility index (Phi) is 8.36. The van der Waals surface area contributed by atoms with Crippen molar-refractivity contribution in [3.8, 4) is 5.75 Å². The number of methoxy groups -OCH3 is 1. The third-order valence-electron chi connectivity index (χ3n) is 4.95. The Morgan fingerprint density at radius 2 is 1.96 bits per heavy atom. The molecule has 1 unspecified atom stereocenters. The molecular weight excluding hydrogens is 350 g/mol. The summed E-state index contributed by atoms with van der Waals surface area (Å²) >= 11 is 0. The zero-order chi connectivity index (χ0) is 20.5. The van der Waals surface area contributed by atoms with E-state index in [-0.39, 0.29) is 6.04 Å². The summed E-state index contributed by atoms with van der Waals surface area (Å²) in [7, 11) is 3.69. The lowest BCUT2D eigenvalue weighted by Gasteiger charge is -2.18. The van der Waals surface area contributed by atoms with Crippen LogP contribution in [-0.4, -0.2) is 42.0 Å². The number of aryl methyl sites for hydroxylation is 3. The molecule has 1 atom stereocenters. The maximum Gasteiger partial charge on any atom is 0.191 e. The lowest BCUT2D eigenvalue weighted by molar-refractivity contribution is 0.414. The molecule has 6 nitrogen and oxygen atoms in total. The fraction of sp³-hybridized carbons (Fsp3) is 0.545. The molecule has 0 bridgehead atoms. The molecule has 154 valence electrons. The summed E-state index contributed by atoms with van der Waals surface area (Å²) < 4.78 is 7.16. The summed E-state index contributed by atoms with van der Waals surface area (Å²) in [6.07, 6.45) is 2.95. The van der Waals surface area contributed by atoms with E-state index in [9.17, 15) is 0 Å². The first kappa shape index (κ1) is 21.8. The lowest BCUT2D eigenvalue weighted by atomic mass is 10.1. The second-order valence-corrected chi connectivity index (χ2v) is 7.23. The van der Waals surface area contributed by atoms with Gasteiger partial charge in [-0.3, -0.25) is 9.67 Å². The van der Waals surface area contributed by atoms with E-state index >= 15 is 0 Å². The standard InChI is InChI=1S/C22H35N5O/c1-7-23-22(24-14-8-9-19-10-12-20(28-6)13-11-19)25-16(2)15-21-17(3)26-27(5)18(21)4/h10-13,16H,7-9,14-15H2,1-6H3,(H2,23,24,25). The summed E-state index contributed by atoms with van der Waals surface area (Å²) in [5.74, 6) is 1.78. The molecule has 0 aliphatic carbocycles. The average Bonchev–Trinajstić information content (AvgIpc) is 2.91. The molecule has 0 saturated heterocycles. The molecule has 0 aliphatic heterocycles. The summed E-state index contributed by atoms with van der Waals surface area (Å²) in [6.45, 7) is 10.1. The van der Waals surface area contributed by atoms with Gasteiger partial charge >= 0.3 is 0 Å². The number of guanidine groups is 1. The molecule has 1 heterocycles. The first-order chi connectivity index (χ1) is 13.4. The molecule has 0 aliphatic rings. The van der Waals surface area contributed by atoms with Gasteiger partial charge in [0.25, 0.3) is 0 Å². The maximum atomic E-state index is 5.21. The molecule has 28 heavy (non-hydrogen) atoms. The second kappa shape index (κ2) is 10.7. The van der Waals surface area contributed by atoms with Crippen molar-refractivity contribution < 1.29 is 4.74 Å². The summed E-state index contributed by atoms with van der Waals surface area (Å²) in [5, 5.41) is 11.4. The number of hydrogen-bond donors (Lipinski definition) is 2. The second-order valence-electron chi connectivity index (χ2n) is 7.23. The van der Waals surface area contributed by atoms with Gasteiger partial charge in [0.05, 0.1) is 12.8 Å². The Morgan fingerprint density at radius 1 is 1.25 bits per heavy atom. The van der Waals surface area contributed by atoms with E-state index in [1.54, 1.807) is 7.11 Å². The molecule has 0 spiro atoms. The van der Waals surface area contributed by atoms with E-state index in [0.717, 1.165) is 49.8 Å². The third-order valence-corrected chi connectivity index (χ3v) is 4.95. The number of nitrogens with zero attached hydrogens (tertiary/aromatic N) is 3. The largest absolute Gasteiger partial charge is 0.497 e. The SMILES string of the molecule is CCNC(=NCCCc1ccc(OC)cc1)NC(C)Cc1c(C)nn(C)c1C. The number of benzene rings is 1. The smallest absolute Gasteiger partial charge is 0.191 e. The van der Waals surface area contributed by atoms with Gasteiger partial charge in [-0.2, -0.15) is 5.10 Å². The number of nitrogens with one attached hydrogen (secondary N) is 2. The van der Waals surface area contributed by atoms with Gasteiger partial charge < -0.3 is 15.4 Å². The van der Waals surface area contributed by atoms with Crippen LogP contribution in [-0.2, 0) is 19.9 Å². The monoisotopic (exact) mass is 385 g/mol. The van der Waals surface area contributed by atoms with Crippen molar-refractivity contribution in [1.82, 2.24) is 20.4 Å². The van der Waals surface area contributed by atoms with E-state index in [1.807, 2.05) is 23.9 Å². The zero-order valence-corrected chi connectivity index (χ0v) is 18.2. The zero-order valence-electron chi connectivity index (χ0n) is 18.2. The molecule has 0 radical (unpaired) electrons. The van der Waals surface area contributed by atoms with Crippen LogP contribution in [0.5, 0.6) is 5.75 Å². The van der Waals surface area contributed by atoms with Gasteiger partial charge in [-0.05, 0) is 70.2 Å². The molecule has 0 saturated carbocycles.